The first-order chi connectivity index (χ1) is 59.7. The zero-order valence-corrected chi connectivity index (χ0v) is 91.1. The zero-order chi connectivity index (χ0) is 95.8. The summed E-state index contributed by atoms with van der Waals surface area (Å²) in [7, 11) is -9.17. The molecule has 0 aromatic rings. The molecule has 0 aromatic carbocycles. The second-order valence-corrected chi connectivity index (χ2v) is 62.2. The van der Waals surface area contributed by atoms with Crippen LogP contribution in [0.25, 0.3) is 0 Å². The maximum Gasteiger partial charge on any atom is 0.306 e. The number of unbranched alkanes of at least 4 members (excludes halogenated alkanes) is 24. The molecule has 23 heteroatoms. The third-order valence-electron chi connectivity index (χ3n) is 26.5. The predicted octanol–water partition coefficient (Wildman–Crippen LogP) is 26.8. The summed E-state index contributed by atoms with van der Waals surface area (Å²) in [5.41, 5.74) is -1.62. The van der Waals surface area contributed by atoms with E-state index in [-0.39, 0.29) is 93.1 Å². The zero-order valence-electron chi connectivity index (χ0n) is 87.1. The molecule has 127 heavy (non-hydrogen) atoms. The van der Waals surface area contributed by atoms with E-state index in [2.05, 4.69) is 208 Å². The van der Waals surface area contributed by atoms with Crippen molar-refractivity contribution < 1.29 is 70.5 Å². The number of hydrogen-bond donors (Lipinski definition) is 3. The lowest BCUT2D eigenvalue weighted by Gasteiger charge is -2.42. The molecule has 0 rings (SSSR count). The van der Waals surface area contributed by atoms with Crippen LogP contribution in [0.2, 0.25) is 72.5 Å². The van der Waals surface area contributed by atoms with Gasteiger partial charge in [-0.3, -0.25) is 38.6 Å². The molecule has 3 N–H and O–H groups in total. The highest BCUT2D eigenvalue weighted by molar-refractivity contribution is 6.75. The molecule has 0 radical (unpaired) electrons. The van der Waals surface area contributed by atoms with Crippen molar-refractivity contribution in [3.63, 3.8) is 0 Å². The molecule has 0 aromatic heterocycles. The van der Waals surface area contributed by atoms with Gasteiger partial charge < -0.3 is 52.4 Å². The molecular formula is C104H202N4O15Si4. The number of nitrogens with one attached hydrogen (secondary N) is 2. The highest BCUT2D eigenvalue weighted by Crippen LogP contribution is 2.42. The Morgan fingerprint density at radius 3 is 0.717 bits per heavy atom. The van der Waals surface area contributed by atoms with Crippen molar-refractivity contribution in [3.8, 4) is 0 Å². The van der Waals surface area contributed by atoms with E-state index in [0.717, 1.165) is 154 Å². The molecule has 0 aliphatic heterocycles. The summed E-state index contributed by atoms with van der Waals surface area (Å²) in [4.78, 5) is 84.6. The fourth-order valence-electron chi connectivity index (χ4n) is 14.4. The summed E-state index contributed by atoms with van der Waals surface area (Å²) < 4.78 is 51.9. The fraction of sp³-hybridized carbons (Fsp3) is 0.865. The van der Waals surface area contributed by atoms with Crippen LogP contribution in [0, 0.1) is 0 Å². The Bertz CT molecular complexity index is 2610. The van der Waals surface area contributed by atoms with Crippen LogP contribution in [-0.4, -0.2) is 193 Å². The molecule has 2 amide bonds. The number of ether oxygens (including phenoxy) is 4. The van der Waals surface area contributed by atoms with Crippen molar-refractivity contribution >= 4 is 69.0 Å². The van der Waals surface area contributed by atoms with Crippen LogP contribution in [0.4, 0.5) is 0 Å². The third-order valence-corrected chi connectivity index (χ3v) is 44.6. The number of hydrogen-bond acceptors (Lipinski definition) is 17. The SMILES string of the molecule is CCCCCC/C=C\COC(=O)CCCCCC(CN(CCCNC(=O)CC(C)(O)CC(=O)NCCCN(CC(CCCCCC(=O)OC/C=C\CCCCCC)O[Si](C)(C)C(C)(C)C)CC(CCCCCC(=O)OC/C=C\CCCCCC)O[Si](C)(C)C(C)(C)C)CC(CCCCCC(=O)OC/C=C\CCCCCC)O[Si](C)(C)C(C)(C)C)O[Si](C)(C)C(C)(C)C. The molecular weight excluding hydrogens is 1660 g/mol. The molecule has 0 spiro atoms. The molecule has 0 aliphatic rings. The Morgan fingerprint density at radius 1 is 0.299 bits per heavy atom. The lowest BCUT2D eigenvalue weighted by molar-refractivity contribution is -0.143. The maximum atomic E-state index is 14.0. The molecule has 0 aliphatic carbocycles. The molecule has 0 saturated carbocycles. The first kappa shape index (κ1) is 123. The van der Waals surface area contributed by atoms with Crippen LogP contribution >= 0.6 is 0 Å². The van der Waals surface area contributed by atoms with E-state index in [1.165, 1.54) is 77.0 Å². The van der Waals surface area contributed by atoms with Gasteiger partial charge in [0.1, 0.15) is 26.4 Å². The Balaban J connectivity index is 7.00. The normalized spacial score (nSPS) is 14.5. The topological polar surface area (TPSA) is 227 Å². The lowest BCUT2D eigenvalue weighted by atomic mass is 9.97. The van der Waals surface area contributed by atoms with E-state index in [1.54, 1.807) is 6.92 Å². The van der Waals surface area contributed by atoms with E-state index >= 15 is 0 Å². The van der Waals surface area contributed by atoms with Crippen molar-refractivity contribution in [2.75, 3.05) is 78.8 Å². The van der Waals surface area contributed by atoms with Gasteiger partial charge in [-0.2, -0.15) is 0 Å². The summed E-state index contributed by atoms with van der Waals surface area (Å²) in [6.07, 6.45) is 54.8. The number of allylic oxidation sites excluding steroid dienone is 4. The summed E-state index contributed by atoms with van der Waals surface area (Å²) in [5, 5.41) is 18.0. The number of carbonyl (C=O) groups is 6. The maximum absolute atomic E-state index is 14.0. The molecule has 0 fully saturated rings. The van der Waals surface area contributed by atoms with E-state index in [1.807, 2.05) is 24.3 Å². The second-order valence-electron chi connectivity index (χ2n) is 43.2. The Labute approximate surface area is 785 Å². The predicted molar refractivity (Wildman–Crippen MR) is 544 cm³/mol. The van der Waals surface area contributed by atoms with Gasteiger partial charge >= 0.3 is 23.9 Å². The molecule has 0 heterocycles. The van der Waals surface area contributed by atoms with E-state index < -0.39 is 38.9 Å². The average molecular weight is 1860 g/mol. The number of nitrogens with zero attached hydrogens (tertiary/aromatic N) is 2. The van der Waals surface area contributed by atoms with Crippen molar-refractivity contribution in [2.45, 2.75) is 503 Å². The Hall–Kier alpha value is -3.63. The smallest absolute Gasteiger partial charge is 0.306 e. The number of esters is 4. The first-order valence-corrected chi connectivity index (χ1v) is 62.9. The van der Waals surface area contributed by atoms with Crippen LogP contribution in [-0.2, 0) is 65.4 Å². The minimum Gasteiger partial charge on any atom is -0.461 e. The largest absolute Gasteiger partial charge is 0.461 e. The van der Waals surface area contributed by atoms with Crippen molar-refractivity contribution in [1.29, 1.82) is 0 Å². The van der Waals surface area contributed by atoms with Crippen LogP contribution < -0.4 is 10.6 Å². The Morgan fingerprint density at radius 2 is 0.512 bits per heavy atom. The third kappa shape index (κ3) is 65.6. The molecule has 19 nitrogen and oxygen atoms in total. The van der Waals surface area contributed by atoms with Gasteiger partial charge in [-0.1, -0.05) is 288 Å². The molecule has 0 bridgehead atoms. The van der Waals surface area contributed by atoms with E-state index in [4.69, 9.17) is 36.7 Å². The molecule has 744 valence electrons. The number of amides is 2. The minimum atomic E-state index is -2.29. The molecule has 4 unspecified atom stereocenters. The van der Waals surface area contributed by atoms with Crippen molar-refractivity contribution in [3.05, 3.63) is 48.6 Å². The summed E-state index contributed by atoms with van der Waals surface area (Å²) >= 11 is 0. The van der Waals surface area contributed by atoms with Gasteiger partial charge in [-0.05, 0) is 195 Å². The van der Waals surface area contributed by atoms with Gasteiger partial charge in [-0.15, -0.1) is 0 Å². The molecule has 0 saturated heterocycles. The van der Waals surface area contributed by atoms with Gasteiger partial charge in [0, 0.05) is 78.0 Å². The number of carbonyl (C=O) groups excluding carboxylic acids is 6. The average Bonchev–Trinajstić information content (AvgIpc) is 0.825. The van der Waals surface area contributed by atoms with Crippen molar-refractivity contribution in [2.24, 2.45) is 0 Å². The monoisotopic (exact) mass is 1860 g/mol. The van der Waals surface area contributed by atoms with E-state index in [0.29, 0.717) is 117 Å². The van der Waals surface area contributed by atoms with Crippen LogP contribution in [0.5, 0.6) is 0 Å². The van der Waals surface area contributed by atoms with Gasteiger partial charge in [0.15, 0.2) is 33.3 Å². The summed E-state index contributed by atoms with van der Waals surface area (Å²) in [5.74, 6) is -1.33. The number of rotatable bonds is 80. The van der Waals surface area contributed by atoms with Crippen LogP contribution in [0.3, 0.4) is 0 Å². The van der Waals surface area contributed by atoms with Crippen LogP contribution in [0.1, 0.15) is 400 Å². The van der Waals surface area contributed by atoms with Crippen LogP contribution in [0.15, 0.2) is 48.6 Å². The quantitative estimate of drug-likeness (QED) is 0.0169. The first-order valence-electron chi connectivity index (χ1n) is 51.3. The van der Waals surface area contributed by atoms with Crippen molar-refractivity contribution in [1.82, 2.24) is 20.4 Å². The summed E-state index contributed by atoms with van der Waals surface area (Å²) in [6, 6.07) is 0. The van der Waals surface area contributed by atoms with Gasteiger partial charge in [0.2, 0.25) is 11.8 Å². The highest BCUT2D eigenvalue weighted by Gasteiger charge is 2.44. The standard InChI is InChI=1S/C104H202N4O15Si4/c1-26-30-34-38-42-46-62-80-116-96(111)72-58-50-54-68-90(120-124(18,19)100(5,6)7)86-107(87-91(121-125(20,21)101(8,9)10)69-55-51-59-73-97(112)117-81-63-47-43-39-35-31-27-2)78-66-76-105-94(109)84-104(17,115)85-95(110)106-77-67-79-108(88-92(122-126(22,23)102(11,12)13)70-56-52-60-74-98(113)118-82-64-48-44-40-36-32-28-3)89-93(123-127(24,25)103(14,15)16)71-57-53-61-75-99(114)119-83-65-49-45-41-37-33-29-4/h46-49,62-65,90-93,115H,26-45,50-61,66-89H2,1-25H3,(H,105,109)(H,106,110)/b62-46-,63-47-,64-48-,65-49-. The summed E-state index contributed by atoms with van der Waals surface area (Å²) in [6.45, 7) is 62.2. The lowest BCUT2D eigenvalue weighted by Crippen LogP contribution is -2.50. The minimum absolute atomic E-state index is 0.0399. The Kier molecular flexibility index (Phi) is 68.1. The highest BCUT2D eigenvalue weighted by atomic mass is 28.4. The second kappa shape index (κ2) is 70.1. The fourth-order valence-corrected chi connectivity index (χ4v) is 19.9. The van der Waals surface area contributed by atoms with Gasteiger partial charge in [0.05, 0.1) is 42.9 Å². The number of aliphatic hydroxyl groups is 1. The van der Waals surface area contributed by atoms with Gasteiger partial charge in [-0.25, -0.2) is 0 Å². The molecule has 4 atom stereocenters. The van der Waals surface area contributed by atoms with E-state index in [9.17, 15) is 33.9 Å². The van der Waals surface area contributed by atoms with Gasteiger partial charge in [0.25, 0.3) is 0 Å².